The molecule has 0 spiro atoms. The van der Waals surface area contributed by atoms with Crippen LogP contribution in [0.25, 0.3) is 22.6 Å². The molecule has 4 aromatic heterocycles. The molecule has 0 unspecified atom stereocenters. The minimum atomic E-state index is -0.412. The molecule has 0 radical (unpaired) electrons. The van der Waals surface area contributed by atoms with Gasteiger partial charge in [0.05, 0.1) is 17.6 Å². The zero-order chi connectivity index (χ0) is 22.8. The maximum atomic E-state index is 12.7. The Morgan fingerprint density at radius 3 is 2.62 bits per heavy atom. The molecule has 1 N–H and O–H groups in total. The maximum Gasteiger partial charge on any atom is 0.330 e. The van der Waals surface area contributed by atoms with Crippen LogP contribution < -0.4 is 11.2 Å². The molecule has 4 heterocycles. The highest BCUT2D eigenvalue weighted by Gasteiger charge is 2.20. The average Bonchev–Trinajstić information content (AvgIpc) is 3.44. The number of H-pyrrole nitrogens is 1. The first-order valence-electron chi connectivity index (χ1n) is 10.7. The van der Waals surface area contributed by atoms with Crippen molar-refractivity contribution < 1.29 is 4.42 Å². The van der Waals surface area contributed by atoms with Crippen LogP contribution in [0.3, 0.4) is 0 Å². The van der Waals surface area contributed by atoms with Crippen LogP contribution in [-0.4, -0.2) is 33.9 Å². The van der Waals surface area contributed by atoms with E-state index in [1.54, 1.807) is 10.8 Å². The second-order valence-corrected chi connectivity index (χ2v) is 8.60. The molecule has 0 aliphatic carbocycles. The van der Waals surface area contributed by atoms with Gasteiger partial charge in [-0.05, 0) is 25.8 Å². The number of thioether (sulfide) groups is 1. The molecule has 0 aliphatic rings. The third kappa shape index (κ3) is 3.92. The highest BCUT2D eigenvalue weighted by atomic mass is 32.2. The Balaban J connectivity index is 1.70. The van der Waals surface area contributed by atoms with E-state index >= 15 is 0 Å². The Labute approximate surface area is 188 Å². The first-order chi connectivity index (χ1) is 15.5. The van der Waals surface area contributed by atoms with Gasteiger partial charge in [-0.3, -0.25) is 14.3 Å². The van der Waals surface area contributed by atoms with E-state index in [9.17, 15) is 9.59 Å². The molecule has 0 saturated carbocycles. The van der Waals surface area contributed by atoms with E-state index < -0.39 is 11.2 Å². The van der Waals surface area contributed by atoms with Gasteiger partial charge < -0.3 is 13.6 Å². The Kier molecular flexibility index (Phi) is 6.35. The van der Waals surface area contributed by atoms with Gasteiger partial charge in [0.1, 0.15) is 11.6 Å². The van der Waals surface area contributed by atoms with Crippen molar-refractivity contribution in [3.63, 3.8) is 0 Å². The third-order valence-corrected chi connectivity index (χ3v) is 6.43. The molecule has 4 rings (SSSR count). The first-order valence-corrected chi connectivity index (χ1v) is 11.7. The number of aryl methyl sites for hydroxylation is 3. The molecule has 0 bridgehead atoms. The number of hydrogen-bond donors (Lipinski definition) is 1. The van der Waals surface area contributed by atoms with Crippen molar-refractivity contribution in [2.45, 2.75) is 64.0 Å². The highest BCUT2D eigenvalue weighted by molar-refractivity contribution is 7.98. The van der Waals surface area contributed by atoms with E-state index in [0.29, 0.717) is 30.0 Å². The molecule has 11 heteroatoms. The number of aromatic amines is 1. The molecular weight excluding hydrogens is 430 g/mol. The lowest BCUT2D eigenvalue weighted by molar-refractivity contribution is 0.534. The second kappa shape index (κ2) is 9.19. The number of aromatic nitrogens is 7. The van der Waals surface area contributed by atoms with Gasteiger partial charge >= 0.3 is 5.69 Å². The van der Waals surface area contributed by atoms with E-state index in [-0.39, 0.29) is 0 Å². The minimum absolute atomic E-state index is 0.397. The van der Waals surface area contributed by atoms with Gasteiger partial charge in [-0.2, -0.15) is 0 Å². The Hall–Kier alpha value is -3.08. The Morgan fingerprint density at radius 1 is 1.12 bits per heavy atom. The quantitative estimate of drug-likeness (QED) is 0.384. The van der Waals surface area contributed by atoms with Crippen molar-refractivity contribution in [2.75, 3.05) is 0 Å². The van der Waals surface area contributed by atoms with Gasteiger partial charge in [-0.15, -0.1) is 10.2 Å². The molecule has 4 aromatic rings. The number of nitrogens with zero attached hydrogens (tertiary/aromatic N) is 6. The third-order valence-electron chi connectivity index (χ3n) is 5.41. The monoisotopic (exact) mass is 457 g/mol. The molecule has 32 heavy (non-hydrogen) atoms. The fourth-order valence-corrected chi connectivity index (χ4v) is 4.59. The van der Waals surface area contributed by atoms with Crippen molar-refractivity contribution in [1.29, 1.82) is 0 Å². The van der Waals surface area contributed by atoms with E-state index in [4.69, 9.17) is 9.40 Å². The zero-order valence-electron chi connectivity index (χ0n) is 18.7. The standard InChI is InChI=1S/C21H27N7O3S/c1-5-7-10-28-18-16(19(29)23-20(28)30)27(9-6-2)15(22-18)12-32-21-25-24-17(26(21)4)14-8-11-31-13(14)3/h8,11H,5-7,9-10,12H2,1-4H3,(H,23,29,30). The number of nitrogens with one attached hydrogen (secondary N) is 1. The van der Waals surface area contributed by atoms with Crippen LogP contribution in [0, 0.1) is 6.92 Å². The highest BCUT2D eigenvalue weighted by Crippen LogP contribution is 2.28. The zero-order valence-corrected chi connectivity index (χ0v) is 19.5. The molecule has 0 fully saturated rings. The number of imidazole rings is 1. The van der Waals surface area contributed by atoms with Gasteiger partial charge in [0.15, 0.2) is 22.1 Å². The summed E-state index contributed by atoms with van der Waals surface area (Å²) in [6.07, 6.45) is 4.25. The molecule has 0 saturated heterocycles. The van der Waals surface area contributed by atoms with E-state index in [1.807, 2.05) is 36.1 Å². The smallest absolute Gasteiger partial charge is 0.330 e. The van der Waals surface area contributed by atoms with E-state index in [1.165, 1.54) is 11.8 Å². The summed E-state index contributed by atoms with van der Waals surface area (Å²) in [7, 11) is 1.91. The molecule has 0 atom stereocenters. The number of fused-ring (bicyclic) bond motifs is 1. The number of furan rings is 1. The van der Waals surface area contributed by atoms with Crippen LogP contribution in [-0.2, 0) is 25.9 Å². The van der Waals surface area contributed by atoms with Crippen LogP contribution in [0.1, 0.15) is 44.7 Å². The lowest BCUT2D eigenvalue weighted by Gasteiger charge is -2.08. The topological polar surface area (TPSA) is 117 Å². The van der Waals surface area contributed by atoms with E-state index in [2.05, 4.69) is 22.1 Å². The lowest BCUT2D eigenvalue weighted by Crippen LogP contribution is -2.31. The summed E-state index contributed by atoms with van der Waals surface area (Å²) in [5, 5.41) is 9.36. The SMILES string of the molecule is CCCCn1c(=O)[nH]c(=O)c2c1nc(CSc1nnc(-c3ccoc3C)n1C)n2CCC. The van der Waals surface area contributed by atoms with Crippen LogP contribution in [0.5, 0.6) is 0 Å². The molecule has 170 valence electrons. The largest absolute Gasteiger partial charge is 0.469 e. The minimum Gasteiger partial charge on any atom is -0.469 e. The number of unbranched alkanes of at least 4 members (excludes halogenated alkanes) is 1. The predicted molar refractivity (Wildman–Crippen MR) is 123 cm³/mol. The maximum absolute atomic E-state index is 12.7. The fraction of sp³-hybridized carbons (Fsp3) is 0.476. The Bertz CT molecular complexity index is 1360. The van der Waals surface area contributed by atoms with Gasteiger partial charge in [0.25, 0.3) is 5.56 Å². The van der Waals surface area contributed by atoms with Crippen LogP contribution in [0.2, 0.25) is 0 Å². The van der Waals surface area contributed by atoms with Gasteiger partial charge in [0.2, 0.25) is 0 Å². The van der Waals surface area contributed by atoms with Crippen molar-refractivity contribution in [1.82, 2.24) is 33.9 Å². The van der Waals surface area contributed by atoms with Crippen molar-refractivity contribution >= 4 is 22.9 Å². The summed E-state index contributed by atoms with van der Waals surface area (Å²) >= 11 is 1.49. The van der Waals surface area contributed by atoms with Gasteiger partial charge in [-0.25, -0.2) is 9.78 Å². The van der Waals surface area contributed by atoms with E-state index in [0.717, 1.165) is 47.4 Å². The summed E-state index contributed by atoms with van der Waals surface area (Å²) in [6, 6.07) is 1.87. The van der Waals surface area contributed by atoms with Crippen LogP contribution in [0.15, 0.2) is 31.5 Å². The molecule has 0 aliphatic heterocycles. The molecule has 0 amide bonds. The summed E-state index contributed by atoms with van der Waals surface area (Å²) in [4.78, 5) is 32.3. The lowest BCUT2D eigenvalue weighted by atomic mass is 10.2. The predicted octanol–water partition coefficient (Wildman–Crippen LogP) is 3.09. The van der Waals surface area contributed by atoms with Crippen molar-refractivity contribution in [3.8, 4) is 11.4 Å². The molecule has 0 aromatic carbocycles. The first kappa shape index (κ1) is 22.1. The fourth-order valence-electron chi connectivity index (χ4n) is 3.74. The molecule has 10 nitrogen and oxygen atoms in total. The Morgan fingerprint density at radius 2 is 1.94 bits per heavy atom. The summed E-state index contributed by atoms with van der Waals surface area (Å²) in [5.41, 5.74) is 0.988. The summed E-state index contributed by atoms with van der Waals surface area (Å²) < 4.78 is 10.8. The number of hydrogen-bond acceptors (Lipinski definition) is 7. The van der Waals surface area contributed by atoms with Gasteiger partial charge in [-0.1, -0.05) is 32.0 Å². The molecular formula is C21H27N7O3S. The van der Waals surface area contributed by atoms with Crippen molar-refractivity contribution in [2.24, 2.45) is 7.05 Å². The van der Waals surface area contributed by atoms with Gasteiger partial charge in [0, 0.05) is 20.1 Å². The summed E-state index contributed by atoms with van der Waals surface area (Å²) in [6.45, 7) is 7.16. The average molecular weight is 458 g/mol. The summed E-state index contributed by atoms with van der Waals surface area (Å²) in [5.74, 6) is 2.74. The van der Waals surface area contributed by atoms with Crippen molar-refractivity contribution in [3.05, 3.63) is 44.8 Å². The van der Waals surface area contributed by atoms with Crippen LogP contribution in [0.4, 0.5) is 0 Å². The second-order valence-electron chi connectivity index (χ2n) is 7.66. The number of rotatable bonds is 9. The van der Waals surface area contributed by atoms with Crippen LogP contribution >= 0.6 is 11.8 Å². The normalized spacial score (nSPS) is 11.6.